The van der Waals surface area contributed by atoms with Crippen molar-refractivity contribution in [3.05, 3.63) is 66.5 Å². The molecule has 3 aromatic heterocycles. The van der Waals surface area contributed by atoms with Gasteiger partial charge in [-0.1, -0.05) is 19.1 Å². The van der Waals surface area contributed by atoms with E-state index >= 15 is 0 Å². The lowest BCUT2D eigenvalue weighted by Gasteiger charge is -2.12. The summed E-state index contributed by atoms with van der Waals surface area (Å²) in [6.45, 7) is 3.28. The lowest BCUT2D eigenvalue weighted by Crippen LogP contribution is -2.10. The minimum absolute atomic E-state index is 0.403. The third-order valence-corrected chi connectivity index (χ3v) is 4.55. The molecule has 0 bridgehead atoms. The summed E-state index contributed by atoms with van der Waals surface area (Å²) in [7, 11) is 0. The van der Waals surface area contributed by atoms with Gasteiger partial charge >= 0.3 is 6.18 Å². The normalized spacial score (nSPS) is 12.0. The molecule has 28 heavy (non-hydrogen) atoms. The second kappa shape index (κ2) is 7.10. The molecule has 0 saturated heterocycles. The fraction of sp³-hybridized carbons (Fsp3) is 0.250. The van der Waals surface area contributed by atoms with E-state index in [4.69, 9.17) is 0 Å². The summed E-state index contributed by atoms with van der Waals surface area (Å²) in [5.41, 5.74) is 1.52. The molecular formula is C20H18F3N5. The molecule has 0 spiro atoms. The monoisotopic (exact) mass is 385 g/mol. The number of pyridine rings is 1. The van der Waals surface area contributed by atoms with Gasteiger partial charge in [0.15, 0.2) is 0 Å². The number of fused-ring (bicyclic) bond motifs is 1. The van der Waals surface area contributed by atoms with Gasteiger partial charge in [0.1, 0.15) is 17.2 Å². The molecule has 1 aromatic carbocycles. The Morgan fingerprint density at radius 2 is 1.96 bits per heavy atom. The van der Waals surface area contributed by atoms with Crippen LogP contribution in [0.25, 0.3) is 22.4 Å². The van der Waals surface area contributed by atoms with Gasteiger partial charge in [-0.3, -0.25) is 4.98 Å². The maximum Gasteiger partial charge on any atom is 0.416 e. The number of benzene rings is 1. The average Bonchev–Trinajstić information content (AvgIpc) is 3.27. The summed E-state index contributed by atoms with van der Waals surface area (Å²) in [6.07, 6.45) is 3.33. The molecule has 0 aliphatic rings. The smallest absolute Gasteiger partial charge is 0.326 e. The van der Waals surface area contributed by atoms with E-state index in [0.29, 0.717) is 17.9 Å². The Morgan fingerprint density at radius 1 is 1.11 bits per heavy atom. The second-order valence-corrected chi connectivity index (χ2v) is 6.50. The molecule has 0 fully saturated rings. The molecule has 4 rings (SSSR count). The predicted molar refractivity (Wildman–Crippen MR) is 99.6 cm³/mol. The molecule has 0 unspecified atom stereocenters. The largest absolute Gasteiger partial charge is 0.416 e. The van der Waals surface area contributed by atoms with Gasteiger partial charge < -0.3 is 9.13 Å². The zero-order valence-corrected chi connectivity index (χ0v) is 15.2. The van der Waals surface area contributed by atoms with Gasteiger partial charge in [0.25, 0.3) is 0 Å². The van der Waals surface area contributed by atoms with Crippen LogP contribution in [0.15, 0.2) is 55.1 Å². The highest BCUT2D eigenvalue weighted by molar-refractivity contribution is 5.74. The summed E-state index contributed by atoms with van der Waals surface area (Å²) in [6, 6.07) is 7.13. The van der Waals surface area contributed by atoms with E-state index in [1.54, 1.807) is 30.9 Å². The lowest BCUT2D eigenvalue weighted by molar-refractivity contribution is -0.137. The number of halogens is 3. The Labute approximate surface area is 159 Å². The molecule has 5 nitrogen and oxygen atoms in total. The van der Waals surface area contributed by atoms with Crippen molar-refractivity contribution in [1.29, 1.82) is 0 Å². The van der Waals surface area contributed by atoms with Gasteiger partial charge in [-0.2, -0.15) is 13.2 Å². The van der Waals surface area contributed by atoms with Crippen LogP contribution in [-0.2, 0) is 19.3 Å². The summed E-state index contributed by atoms with van der Waals surface area (Å²) in [5, 5.41) is 0. The van der Waals surface area contributed by atoms with E-state index < -0.39 is 11.7 Å². The van der Waals surface area contributed by atoms with Gasteiger partial charge in [0.2, 0.25) is 0 Å². The van der Waals surface area contributed by atoms with E-state index in [-0.39, 0.29) is 0 Å². The fourth-order valence-electron chi connectivity index (χ4n) is 3.31. The van der Waals surface area contributed by atoms with Crippen LogP contribution in [-0.4, -0.2) is 24.1 Å². The minimum atomic E-state index is -4.39. The van der Waals surface area contributed by atoms with Crippen LogP contribution in [0.4, 0.5) is 13.2 Å². The highest BCUT2D eigenvalue weighted by Gasteiger charge is 2.30. The number of alkyl halides is 3. The molecule has 3 heterocycles. The Balaban J connectivity index is 1.74. The third-order valence-electron chi connectivity index (χ3n) is 4.55. The Bertz CT molecular complexity index is 1110. The molecule has 0 aliphatic heterocycles. The van der Waals surface area contributed by atoms with Crippen molar-refractivity contribution in [3.8, 4) is 11.4 Å². The first-order valence-electron chi connectivity index (χ1n) is 8.95. The number of imidazole rings is 2. The molecule has 4 aromatic rings. The quantitative estimate of drug-likeness (QED) is 0.497. The Kier molecular flexibility index (Phi) is 4.62. The number of aromatic nitrogens is 5. The fourth-order valence-corrected chi connectivity index (χ4v) is 3.31. The van der Waals surface area contributed by atoms with Crippen molar-refractivity contribution >= 4 is 11.0 Å². The van der Waals surface area contributed by atoms with Crippen molar-refractivity contribution < 1.29 is 13.2 Å². The maximum atomic E-state index is 13.1. The predicted octanol–water partition coefficient (Wildman–Crippen LogP) is 4.77. The Hall–Kier alpha value is -3.16. The first-order valence-corrected chi connectivity index (χ1v) is 8.95. The van der Waals surface area contributed by atoms with Gasteiger partial charge in [-0.25, -0.2) is 9.97 Å². The molecule has 0 atom stereocenters. The zero-order valence-electron chi connectivity index (χ0n) is 15.2. The van der Waals surface area contributed by atoms with E-state index in [2.05, 4.69) is 26.4 Å². The topological polar surface area (TPSA) is 48.5 Å². The highest BCUT2D eigenvalue weighted by atomic mass is 19.4. The van der Waals surface area contributed by atoms with Gasteiger partial charge in [-0.05, 0) is 24.6 Å². The van der Waals surface area contributed by atoms with Crippen LogP contribution < -0.4 is 0 Å². The number of aryl methyl sites for hydroxylation is 1. The second-order valence-electron chi connectivity index (χ2n) is 6.50. The number of rotatable bonds is 5. The van der Waals surface area contributed by atoms with Crippen LogP contribution in [0.1, 0.15) is 24.7 Å². The van der Waals surface area contributed by atoms with Crippen LogP contribution >= 0.6 is 0 Å². The minimum Gasteiger partial charge on any atom is -0.326 e. The van der Waals surface area contributed by atoms with Crippen LogP contribution in [0.2, 0.25) is 0 Å². The molecular weight excluding hydrogens is 367 g/mol. The summed E-state index contributed by atoms with van der Waals surface area (Å²) in [5.74, 6) is 1.29. The van der Waals surface area contributed by atoms with Gasteiger partial charge in [-0.15, -0.1) is 0 Å². The summed E-state index contributed by atoms with van der Waals surface area (Å²) in [4.78, 5) is 13.1. The summed E-state index contributed by atoms with van der Waals surface area (Å²) < 4.78 is 43.1. The van der Waals surface area contributed by atoms with E-state index in [1.165, 1.54) is 6.07 Å². The third kappa shape index (κ3) is 3.37. The molecule has 0 saturated carbocycles. The first-order chi connectivity index (χ1) is 13.5. The van der Waals surface area contributed by atoms with Gasteiger partial charge in [0.05, 0.1) is 23.8 Å². The van der Waals surface area contributed by atoms with E-state index in [1.807, 2.05) is 10.6 Å². The van der Waals surface area contributed by atoms with Crippen LogP contribution in [0, 0.1) is 0 Å². The molecule has 0 amide bonds. The van der Waals surface area contributed by atoms with E-state index in [0.717, 1.165) is 42.0 Å². The van der Waals surface area contributed by atoms with Crippen molar-refractivity contribution in [3.63, 3.8) is 0 Å². The zero-order chi connectivity index (χ0) is 19.7. The standard InChI is InChI=1S/C20H18F3N5/c1-2-9-28-17-6-7-24-12-16(17)26-18(28)13-27-10-8-25-19(27)14-4-3-5-15(11-14)20(21,22)23/h3-8,10-12H,2,9,13H2,1H3. The van der Waals surface area contributed by atoms with Crippen LogP contribution in [0.3, 0.4) is 0 Å². The molecule has 144 valence electrons. The number of hydrogen-bond acceptors (Lipinski definition) is 3. The maximum absolute atomic E-state index is 13.1. The SMILES string of the molecule is CCCn1c(Cn2ccnc2-c2cccc(C(F)(F)F)c2)nc2cnccc21. The molecule has 8 heteroatoms. The Morgan fingerprint density at radius 3 is 2.75 bits per heavy atom. The first kappa shape index (κ1) is 18.2. The van der Waals surface area contributed by atoms with Crippen molar-refractivity contribution in [1.82, 2.24) is 24.1 Å². The van der Waals surface area contributed by atoms with Crippen molar-refractivity contribution in [2.24, 2.45) is 0 Å². The molecule has 0 radical (unpaired) electrons. The molecule has 0 N–H and O–H groups in total. The van der Waals surface area contributed by atoms with Crippen molar-refractivity contribution in [2.45, 2.75) is 32.6 Å². The van der Waals surface area contributed by atoms with Crippen LogP contribution in [0.5, 0.6) is 0 Å². The molecule has 0 aliphatic carbocycles. The lowest BCUT2D eigenvalue weighted by atomic mass is 10.1. The highest BCUT2D eigenvalue weighted by Crippen LogP contribution is 2.32. The average molecular weight is 385 g/mol. The summed E-state index contributed by atoms with van der Waals surface area (Å²) >= 11 is 0. The van der Waals surface area contributed by atoms with E-state index in [9.17, 15) is 13.2 Å². The van der Waals surface area contributed by atoms with Crippen molar-refractivity contribution in [2.75, 3.05) is 0 Å². The number of nitrogens with zero attached hydrogens (tertiary/aromatic N) is 5. The van der Waals surface area contributed by atoms with Gasteiger partial charge in [0, 0.05) is 30.7 Å². The number of hydrogen-bond donors (Lipinski definition) is 0.